The van der Waals surface area contributed by atoms with Crippen molar-refractivity contribution in [2.45, 2.75) is 165 Å². The number of Topliss-reactive ketones (excluding diaryl/α,β-unsaturated/α-hetero) is 1. The fourth-order valence-electron chi connectivity index (χ4n) is 12.3. The number of phenolic OH excluding ortho intramolecular Hbond substituents is 1. The van der Waals surface area contributed by atoms with Crippen LogP contribution in [0.4, 0.5) is 0 Å². The second-order valence-electron chi connectivity index (χ2n) is 28.4. The predicted octanol–water partition coefficient (Wildman–Crippen LogP) is -9.10. The van der Waals surface area contributed by atoms with Gasteiger partial charge >= 0.3 is 11.9 Å². The SMILES string of the molecule is CCCN(CC(=O)N1CCC[C@H]1C(=O)NCC(=O)N[C@@H](CCCCN)C(=O)NCC(=O)N[C@@H](CCC(=O)O)C(=O)NCC(=O)N[C@@H](Cc1c[nH]c2ccccc12)C(=O)NCC(=O)NCC(=O)O)C(=O)[C@H](CCC(N)=O)NC(=O)CCC(=O)[C@@H](NC(=O)CNC(=O)[C@H](CO)NC(=O)CNC(=O)[C@H](Cc1ccc(O)cc1)NC(=O)CNC(=O)CN)[C@@H](C)CC. The Kier molecular flexibility index (Phi) is 44.2. The summed E-state index contributed by atoms with van der Waals surface area (Å²) in [5.41, 5.74) is 18.1. The topological polar surface area (TPSA) is 720 Å². The molecular weight excluding hydrogens is 1610 g/mol. The van der Waals surface area contributed by atoms with Gasteiger partial charge in [-0.2, -0.15) is 0 Å². The second kappa shape index (κ2) is 53.3. The Morgan fingerprint density at radius 3 is 1.55 bits per heavy atom. The molecule has 3 aromatic rings. The maximum atomic E-state index is 14.4. The van der Waals surface area contributed by atoms with Crippen molar-refractivity contribution in [3.8, 4) is 5.75 Å². The Labute approximate surface area is 699 Å². The molecule has 1 fully saturated rings. The van der Waals surface area contributed by atoms with Crippen molar-refractivity contribution in [2.24, 2.45) is 23.1 Å². The quantitative estimate of drug-likeness (QED) is 0.0233. The van der Waals surface area contributed by atoms with Crippen LogP contribution in [0.15, 0.2) is 54.7 Å². The van der Waals surface area contributed by atoms with E-state index in [0.717, 1.165) is 4.90 Å². The Morgan fingerprint density at radius 2 is 1.01 bits per heavy atom. The van der Waals surface area contributed by atoms with E-state index in [4.69, 9.17) is 22.3 Å². The van der Waals surface area contributed by atoms with Gasteiger partial charge in [-0.15, -0.1) is 0 Å². The van der Waals surface area contributed by atoms with Gasteiger partial charge in [0.15, 0.2) is 5.78 Å². The van der Waals surface area contributed by atoms with E-state index in [0.29, 0.717) is 41.3 Å². The van der Waals surface area contributed by atoms with Crippen LogP contribution >= 0.6 is 0 Å². The molecular formula is C76H111N21O25. The summed E-state index contributed by atoms with van der Waals surface area (Å²) in [6.45, 7) is -2.83. The molecule has 0 spiro atoms. The molecule has 122 heavy (non-hydrogen) atoms. The van der Waals surface area contributed by atoms with Crippen LogP contribution in [0.1, 0.15) is 115 Å². The fraction of sp³-hybridized carbons (Fsp3) is 0.539. The fourth-order valence-corrected chi connectivity index (χ4v) is 12.3. The number of aliphatic carboxylic acids is 2. The number of H-pyrrole nitrogens is 1. The average Bonchev–Trinajstić information content (AvgIpc) is 1.68. The highest BCUT2D eigenvalue weighted by atomic mass is 16.4. The highest BCUT2D eigenvalue weighted by molar-refractivity contribution is 6.00. The lowest BCUT2D eigenvalue weighted by atomic mass is 9.93. The Hall–Kier alpha value is -13.3. The number of aliphatic hydroxyl groups excluding tert-OH is 1. The summed E-state index contributed by atoms with van der Waals surface area (Å²) in [4.78, 5) is 279. The number of aromatic amines is 1. The molecule has 1 aliphatic heterocycles. The molecule has 670 valence electrons. The minimum atomic E-state index is -1.67. The molecule has 1 aliphatic rings. The van der Waals surface area contributed by atoms with Crippen LogP contribution in [0.2, 0.25) is 0 Å². The summed E-state index contributed by atoms with van der Waals surface area (Å²) in [6, 6.07) is 1.36. The maximum absolute atomic E-state index is 14.4. The first kappa shape index (κ1) is 101. The standard InChI is InChI=1S/C76H111N21O25/c1-4-26-96(76(122)50(19-22-56(79)101)91-57(102)23-21-55(100)69(42(3)5-2)95-65(110)38-87-74(120)53(41-98)94-64(109)36-86-72(118)51(28-43-15-17-45(99)18-16-43)92-60(105)33-81-58(103)30-78)40-66(111)97-27-10-14-54(97)75(121)88-37-62(107)89-48(13-8-9-25-77)70(116)84-34-61(106)90-49(20-24-67(112)113)71(117)85-35-63(108)93-52(73(119)83-32-59(104)82-39-68(114)115)29-44-31-80-47-12-7-6-11-46(44)47/h6-7,11-12,15-18,31,42,48-54,69,80,98-99H,4-5,8-10,13-14,19-30,32-41,77-78H2,1-3H3,(H2,79,101)(H,81,103)(H,82,104)(H,83,119)(H,84,116)(H,85,117)(H,86,118)(H,87,120)(H,88,121)(H,89,107)(H,90,106)(H,91,102)(H,92,105)(H,93,108)(H,94,109)(H,95,110)(H,112,113)(H,114,115)/t42-,48-,49-,50-,51-,52-,53-,54-,69-/m0/s1. The number of aromatic nitrogens is 1. The van der Waals surface area contributed by atoms with Gasteiger partial charge in [0.25, 0.3) is 0 Å². The lowest BCUT2D eigenvalue weighted by Gasteiger charge is -2.30. The molecule has 4 rings (SSSR count). The molecule has 46 heteroatoms. The number of carbonyl (C=O) groups is 21. The number of nitrogens with zero attached hydrogens (tertiary/aromatic N) is 2. The number of rotatable bonds is 56. The first-order valence-electron chi connectivity index (χ1n) is 39.4. The third kappa shape index (κ3) is 36.9. The second-order valence-corrected chi connectivity index (χ2v) is 28.4. The molecule has 0 radical (unpaired) electrons. The van der Waals surface area contributed by atoms with Crippen LogP contribution in [-0.4, -0.2) is 299 Å². The number of para-hydroxylation sites is 1. The molecule has 26 N–H and O–H groups in total. The van der Waals surface area contributed by atoms with Gasteiger partial charge in [-0.25, -0.2) is 0 Å². The lowest BCUT2D eigenvalue weighted by molar-refractivity contribution is -0.145. The van der Waals surface area contributed by atoms with Crippen molar-refractivity contribution >= 4 is 135 Å². The van der Waals surface area contributed by atoms with Gasteiger partial charge < -0.3 is 132 Å². The van der Waals surface area contributed by atoms with E-state index >= 15 is 0 Å². The van der Waals surface area contributed by atoms with E-state index in [1.54, 1.807) is 51.2 Å². The average molecular weight is 1720 g/mol. The van der Waals surface area contributed by atoms with Crippen molar-refractivity contribution in [1.29, 1.82) is 0 Å². The molecule has 18 amide bonds. The smallest absolute Gasteiger partial charge is 0.322 e. The zero-order chi connectivity index (χ0) is 90.5. The molecule has 2 heterocycles. The highest BCUT2D eigenvalue weighted by Crippen LogP contribution is 2.22. The van der Waals surface area contributed by atoms with Crippen LogP contribution in [0.5, 0.6) is 5.75 Å². The Morgan fingerprint density at radius 1 is 0.516 bits per heavy atom. The number of ketones is 1. The van der Waals surface area contributed by atoms with Crippen LogP contribution in [0, 0.1) is 5.92 Å². The summed E-state index contributed by atoms with van der Waals surface area (Å²) in [5, 5.41) is 73.9. The number of unbranched alkanes of at least 4 members (excludes halogenated alkanes) is 1. The molecule has 0 aliphatic carbocycles. The van der Waals surface area contributed by atoms with Gasteiger partial charge in [0, 0.05) is 68.7 Å². The number of carboxylic acids is 2. The number of carbonyl (C=O) groups excluding carboxylic acids is 19. The van der Waals surface area contributed by atoms with Crippen LogP contribution in [0.25, 0.3) is 10.9 Å². The van der Waals surface area contributed by atoms with E-state index < -0.39 is 282 Å². The van der Waals surface area contributed by atoms with Crippen molar-refractivity contribution in [3.63, 3.8) is 0 Å². The van der Waals surface area contributed by atoms with Crippen LogP contribution in [0.3, 0.4) is 0 Å². The van der Waals surface area contributed by atoms with E-state index in [1.807, 2.05) is 0 Å². The summed E-state index contributed by atoms with van der Waals surface area (Å²) in [7, 11) is 0. The molecule has 1 saturated heterocycles. The van der Waals surface area contributed by atoms with E-state index in [2.05, 4.69) is 84.7 Å². The Bertz CT molecular complexity index is 4200. The number of phenols is 1. The van der Waals surface area contributed by atoms with Crippen molar-refractivity contribution in [2.75, 3.05) is 91.7 Å². The van der Waals surface area contributed by atoms with Gasteiger partial charge in [-0.1, -0.05) is 57.5 Å². The summed E-state index contributed by atoms with van der Waals surface area (Å²) in [5.74, 6) is -19.9. The number of amides is 18. The number of aliphatic hydroxyl groups is 1. The minimum Gasteiger partial charge on any atom is -0.508 e. The lowest BCUT2D eigenvalue weighted by Crippen LogP contribution is -2.55. The summed E-state index contributed by atoms with van der Waals surface area (Å²) in [6.07, 6.45) is -0.150. The van der Waals surface area contributed by atoms with Crippen molar-refractivity contribution in [3.05, 3.63) is 65.9 Å². The Balaban J connectivity index is 1.31. The summed E-state index contributed by atoms with van der Waals surface area (Å²) >= 11 is 0. The van der Waals surface area contributed by atoms with Gasteiger partial charge in [-0.05, 0) is 93.2 Å². The zero-order valence-electron chi connectivity index (χ0n) is 67.9. The molecule has 0 saturated carbocycles. The number of nitrogens with one attached hydrogen (secondary N) is 16. The monoisotopic (exact) mass is 1720 g/mol. The normalized spacial score (nSPS) is 14.0. The highest BCUT2D eigenvalue weighted by Gasteiger charge is 2.38. The zero-order valence-corrected chi connectivity index (χ0v) is 67.9. The van der Waals surface area contributed by atoms with E-state index in [9.17, 15) is 116 Å². The molecule has 9 atom stereocenters. The number of hydrogen-bond donors (Lipinski definition) is 23. The van der Waals surface area contributed by atoms with Crippen molar-refractivity contribution in [1.82, 2.24) is 94.5 Å². The molecule has 0 bridgehead atoms. The largest absolute Gasteiger partial charge is 0.508 e. The number of fused-ring (bicyclic) bond motifs is 1. The first-order chi connectivity index (χ1) is 58.0. The molecule has 2 aromatic carbocycles. The number of nitrogens with two attached hydrogens (primary N) is 3. The van der Waals surface area contributed by atoms with E-state index in [1.165, 1.54) is 29.2 Å². The molecule has 46 nitrogen and oxygen atoms in total. The number of carboxylic acid groups (broad SMARTS) is 2. The van der Waals surface area contributed by atoms with E-state index in [-0.39, 0.29) is 70.3 Å². The number of likely N-dealkylation sites (tertiary alicyclic amines) is 1. The first-order valence-corrected chi connectivity index (χ1v) is 39.4. The molecule has 0 unspecified atom stereocenters. The van der Waals surface area contributed by atoms with Gasteiger partial charge in [0.05, 0.1) is 71.6 Å². The maximum Gasteiger partial charge on any atom is 0.322 e. The summed E-state index contributed by atoms with van der Waals surface area (Å²) < 4.78 is 0. The predicted molar refractivity (Wildman–Crippen MR) is 429 cm³/mol. The number of primary amides is 1. The van der Waals surface area contributed by atoms with Crippen LogP contribution in [-0.2, 0) is 114 Å². The third-order valence-corrected chi connectivity index (χ3v) is 18.9. The van der Waals surface area contributed by atoms with Crippen LogP contribution < -0.4 is 97.0 Å². The number of benzene rings is 2. The number of aromatic hydroxyl groups is 1. The minimum absolute atomic E-state index is 0.0229. The van der Waals surface area contributed by atoms with Gasteiger partial charge in [0.2, 0.25) is 106 Å². The third-order valence-electron chi connectivity index (χ3n) is 18.9. The number of hydrogen-bond acceptors (Lipinski definition) is 25. The molecule has 1 aromatic heterocycles. The van der Waals surface area contributed by atoms with Gasteiger partial charge in [0.1, 0.15) is 54.6 Å². The van der Waals surface area contributed by atoms with Gasteiger partial charge in [-0.3, -0.25) is 101 Å². The van der Waals surface area contributed by atoms with Crippen molar-refractivity contribution < 1.29 is 121 Å².